The highest BCUT2D eigenvalue weighted by Crippen LogP contribution is 2.13. The van der Waals surface area contributed by atoms with Crippen molar-refractivity contribution in [3.05, 3.63) is 17.5 Å². The van der Waals surface area contributed by atoms with Crippen molar-refractivity contribution in [1.29, 1.82) is 0 Å². The third kappa shape index (κ3) is 2.65. The van der Waals surface area contributed by atoms with Gasteiger partial charge in [-0.15, -0.1) is 4.98 Å². The molecule has 2 heterocycles. The number of aromatic nitrogens is 5. The molecule has 0 radical (unpaired) electrons. The molecular weight excluding hydrogens is 236 g/mol. The van der Waals surface area contributed by atoms with E-state index in [9.17, 15) is 0 Å². The Labute approximate surface area is 104 Å². The maximum Gasteiger partial charge on any atom is 0.324 e. The number of aryl methyl sites for hydroxylation is 1. The molecule has 0 aliphatic carbocycles. The van der Waals surface area contributed by atoms with Gasteiger partial charge in [-0.2, -0.15) is 15.1 Å². The van der Waals surface area contributed by atoms with Gasteiger partial charge in [0, 0.05) is 17.8 Å². The second-order valence-corrected chi connectivity index (χ2v) is 3.51. The fourth-order valence-corrected chi connectivity index (χ4v) is 1.33. The smallest absolute Gasteiger partial charge is 0.324 e. The number of hydrogen-bond acceptors (Lipinski definition) is 7. The summed E-state index contributed by atoms with van der Waals surface area (Å²) >= 11 is 0. The summed E-state index contributed by atoms with van der Waals surface area (Å²) in [6.45, 7) is 2.50. The van der Waals surface area contributed by atoms with Crippen LogP contribution in [0.15, 0.2) is 6.20 Å². The van der Waals surface area contributed by atoms with Crippen LogP contribution in [0.1, 0.15) is 11.3 Å². The minimum absolute atomic E-state index is 0.202. The monoisotopic (exact) mass is 250 g/mol. The first-order valence-corrected chi connectivity index (χ1v) is 5.29. The first kappa shape index (κ1) is 12.1. The summed E-state index contributed by atoms with van der Waals surface area (Å²) in [7, 11) is 2.97. The molecule has 18 heavy (non-hydrogen) atoms. The number of nitrogens with one attached hydrogen (secondary N) is 2. The van der Waals surface area contributed by atoms with E-state index in [0.29, 0.717) is 12.5 Å². The molecule has 0 fully saturated rings. The van der Waals surface area contributed by atoms with Gasteiger partial charge in [-0.25, -0.2) is 0 Å². The molecule has 0 saturated carbocycles. The molecule has 2 aromatic rings. The molecule has 0 saturated heterocycles. The second kappa shape index (κ2) is 5.30. The van der Waals surface area contributed by atoms with Gasteiger partial charge in [0.2, 0.25) is 5.95 Å². The molecule has 96 valence electrons. The standard InChI is InChI=1S/C10H14N6O2/c1-6-7(5-12-16-6)4-11-8-13-9(17-2)15-10(14-8)18-3/h5H,4H2,1-3H3,(H,12,16)(H,11,13,14,15). The lowest BCUT2D eigenvalue weighted by atomic mass is 10.3. The summed E-state index contributed by atoms with van der Waals surface area (Å²) in [5.41, 5.74) is 2.03. The highest BCUT2D eigenvalue weighted by molar-refractivity contribution is 5.30. The average molecular weight is 250 g/mol. The largest absolute Gasteiger partial charge is 0.467 e. The van der Waals surface area contributed by atoms with Crippen LogP contribution in [0.5, 0.6) is 12.0 Å². The lowest BCUT2D eigenvalue weighted by Crippen LogP contribution is -2.07. The molecule has 0 aromatic carbocycles. The van der Waals surface area contributed by atoms with E-state index in [1.54, 1.807) is 6.20 Å². The molecule has 0 unspecified atom stereocenters. The summed E-state index contributed by atoms with van der Waals surface area (Å²) in [5.74, 6) is 0.388. The molecule has 0 bridgehead atoms. The van der Waals surface area contributed by atoms with E-state index in [4.69, 9.17) is 9.47 Å². The van der Waals surface area contributed by atoms with Gasteiger partial charge in [-0.3, -0.25) is 5.10 Å². The van der Waals surface area contributed by atoms with Gasteiger partial charge in [0.1, 0.15) is 0 Å². The quantitative estimate of drug-likeness (QED) is 0.798. The molecule has 2 N–H and O–H groups in total. The summed E-state index contributed by atoms with van der Waals surface area (Å²) < 4.78 is 9.91. The van der Waals surface area contributed by atoms with Crippen molar-refractivity contribution in [2.24, 2.45) is 0 Å². The van der Waals surface area contributed by atoms with Crippen molar-refractivity contribution in [2.75, 3.05) is 19.5 Å². The SMILES string of the molecule is COc1nc(NCc2cn[nH]c2C)nc(OC)n1. The highest BCUT2D eigenvalue weighted by atomic mass is 16.5. The molecule has 0 aliphatic heterocycles. The maximum atomic E-state index is 4.96. The number of ether oxygens (including phenoxy) is 2. The number of H-pyrrole nitrogens is 1. The first-order valence-electron chi connectivity index (χ1n) is 5.29. The molecule has 8 heteroatoms. The molecule has 0 amide bonds. The van der Waals surface area contributed by atoms with Crippen LogP contribution >= 0.6 is 0 Å². The Morgan fingerprint density at radius 2 is 1.83 bits per heavy atom. The molecule has 2 rings (SSSR count). The first-order chi connectivity index (χ1) is 8.72. The summed E-state index contributed by atoms with van der Waals surface area (Å²) in [5, 5.41) is 9.85. The van der Waals surface area contributed by atoms with E-state index in [-0.39, 0.29) is 12.0 Å². The topological polar surface area (TPSA) is 97.8 Å². The lowest BCUT2D eigenvalue weighted by molar-refractivity contribution is 0.341. The van der Waals surface area contributed by atoms with Crippen molar-refractivity contribution in [3.63, 3.8) is 0 Å². The summed E-state index contributed by atoms with van der Waals surface area (Å²) in [6.07, 6.45) is 1.75. The molecule has 0 aliphatic rings. The zero-order valence-corrected chi connectivity index (χ0v) is 10.4. The Balaban J connectivity index is 2.11. The number of anilines is 1. The van der Waals surface area contributed by atoms with E-state index in [1.807, 2.05) is 6.92 Å². The van der Waals surface area contributed by atoms with Crippen molar-refractivity contribution >= 4 is 5.95 Å². The second-order valence-electron chi connectivity index (χ2n) is 3.51. The maximum absolute atomic E-state index is 4.96. The normalized spacial score (nSPS) is 10.2. The molecular formula is C10H14N6O2. The van der Waals surface area contributed by atoms with Gasteiger partial charge in [0.25, 0.3) is 0 Å². The predicted octanol–water partition coefficient (Wildman–Crippen LogP) is 0.532. The van der Waals surface area contributed by atoms with Crippen LogP contribution in [0.2, 0.25) is 0 Å². The predicted molar refractivity (Wildman–Crippen MR) is 63.6 cm³/mol. The van der Waals surface area contributed by atoms with Crippen LogP contribution in [0, 0.1) is 6.92 Å². The van der Waals surface area contributed by atoms with Gasteiger partial charge >= 0.3 is 12.0 Å². The van der Waals surface area contributed by atoms with Crippen molar-refractivity contribution < 1.29 is 9.47 Å². The minimum Gasteiger partial charge on any atom is -0.467 e. The lowest BCUT2D eigenvalue weighted by Gasteiger charge is -2.06. The number of methoxy groups -OCH3 is 2. The van der Waals surface area contributed by atoms with Crippen molar-refractivity contribution in [2.45, 2.75) is 13.5 Å². The van der Waals surface area contributed by atoms with E-state index < -0.39 is 0 Å². The van der Waals surface area contributed by atoms with E-state index in [2.05, 4.69) is 30.5 Å². The zero-order valence-electron chi connectivity index (χ0n) is 10.4. The van der Waals surface area contributed by atoms with Gasteiger partial charge in [-0.1, -0.05) is 0 Å². The summed E-state index contributed by atoms with van der Waals surface area (Å²) in [4.78, 5) is 12.0. The third-order valence-corrected chi connectivity index (χ3v) is 2.33. The Bertz CT molecular complexity index is 505. The molecule has 0 spiro atoms. The molecule has 2 aromatic heterocycles. The van der Waals surface area contributed by atoms with Crippen LogP contribution < -0.4 is 14.8 Å². The number of aromatic amines is 1. The summed E-state index contributed by atoms with van der Waals surface area (Å²) in [6, 6.07) is 0.404. The van der Waals surface area contributed by atoms with Gasteiger partial charge in [0.05, 0.1) is 20.4 Å². The van der Waals surface area contributed by atoms with Crippen LogP contribution in [-0.2, 0) is 6.54 Å². The zero-order chi connectivity index (χ0) is 13.0. The minimum atomic E-state index is 0.202. The van der Waals surface area contributed by atoms with Crippen LogP contribution in [0.25, 0.3) is 0 Å². The van der Waals surface area contributed by atoms with Gasteiger partial charge in [-0.05, 0) is 6.92 Å². The van der Waals surface area contributed by atoms with Crippen molar-refractivity contribution in [3.8, 4) is 12.0 Å². The van der Waals surface area contributed by atoms with Gasteiger partial charge < -0.3 is 14.8 Å². The molecule has 8 nitrogen and oxygen atoms in total. The van der Waals surface area contributed by atoms with Gasteiger partial charge in [0.15, 0.2) is 0 Å². The Hall–Kier alpha value is -2.38. The fraction of sp³-hybridized carbons (Fsp3) is 0.400. The van der Waals surface area contributed by atoms with Crippen LogP contribution in [-0.4, -0.2) is 39.4 Å². The number of nitrogens with zero attached hydrogens (tertiary/aromatic N) is 4. The average Bonchev–Trinajstić information content (AvgIpc) is 2.81. The van der Waals surface area contributed by atoms with Crippen molar-refractivity contribution in [1.82, 2.24) is 25.1 Å². The Morgan fingerprint density at radius 1 is 1.17 bits per heavy atom. The Morgan fingerprint density at radius 3 is 2.33 bits per heavy atom. The fourth-order valence-electron chi connectivity index (χ4n) is 1.33. The Kier molecular flexibility index (Phi) is 3.56. The molecule has 0 atom stereocenters. The number of rotatable bonds is 5. The highest BCUT2D eigenvalue weighted by Gasteiger charge is 2.07. The third-order valence-electron chi connectivity index (χ3n) is 2.33. The van der Waals surface area contributed by atoms with E-state index in [0.717, 1.165) is 11.3 Å². The van der Waals surface area contributed by atoms with Crippen LogP contribution in [0.3, 0.4) is 0 Å². The van der Waals surface area contributed by atoms with E-state index in [1.165, 1.54) is 14.2 Å². The van der Waals surface area contributed by atoms with E-state index >= 15 is 0 Å². The number of hydrogen-bond donors (Lipinski definition) is 2. The van der Waals surface area contributed by atoms with Crippen LogP contribution in [0.4, 0.5) is 5.95 Å².